The van der Waals surface area contributed by atoms with Crippen LogP contribution >= 0.6 is 0 Å². The molecule has 0 aliphatic rings. The van der Waals surface area contributed by atoms with Crippen LogP contribution in [0.15, 0.2) is 10.9 Å². The van der Waals surface area contributed by atoms with Crippen LogP contribution in [0, 0.1) is 11.3 Å². The van der Waals surface area contributed by atoms with Gasteiger partial charge in [0.1, 0.15) is 11.6 Å². The fourth-order valence-electron chi connectivity index (χ4n) is 1.17. The number of pyridine rings is 1. The van der Waals surface area contributed by atoms with E-state index in [1.807, 2.05) is 0 Å². The Morgan fingerprint density at radius 1 is 1.69 bits per heavy atom. The second kappa shape index (κ2) is 4.49. The molecule has 6 nitrogen and oxygen atoms in total. The van der Waals surface area contributed by atoms with Gasteiger partial charge in [-0.2, -0.15) is 5.26 Å². The number of aromatic nitrogens is 1. The quantitative estimate of drug-likeness (QED) is 0.718. The smallest absolute Gasteiger partial charge is 0.339 e. The average Bonchev–Trinajstić information content (AvgIpc) is 2.26. The maximum absolute atomic E-state index is 11.4. The van der Waals surface area contributed by atoms with Crippen LogP contribution in [-0.4, -0.2) is 22.2 Å². The van der Waals surface area contributed by atoms with Gasteiger partial charge < -0.3 is 9.84 Å². The third-order valence-electron chi connectivity index (χ3n) is 2.02. The molecular weight excluding hydrogens is 212 g/mol. The van der Waals surface area contributed by atoms with E-state index in [0.29, 0.717) is 0 Å². The molecule has 1 aromatic heterocycles. The summed E-state index contributed by atoms with van der Waals surface area (Å²) in [6.45, 7) is 1.73. The molecule has 0 aliphatic carbocycles. The second-order valence-corrected chi connectivity index (χ2v) is 2.99. The minimum Gasteiger partial charge on any atom is -0.493 e. The van der Waals surface area contributed by atoms with Gasteiger partial charge in [-0.1, -0.05) is 0 Å². The zero-order valence-electron chi connectivity index (χ0n) is 8.85. The Kier molecular flexibility index (Phi) is 3.30. The maximum Gasteiger partial charge on any atom is 0.339 e. The SMILES string of the molecule is CCOC(=O)c1cc(=O)n(C)c(O)c1C#N. The monoisotopic (exact) mass is 222 g/mol. The zero-order valence-corrected chi connectivity index (χ0v) is 8.85. The van der Waals surface area contributed by atoms with Gasteiger partial charge in [-0.3, -0.25) is 9.36 Å². The molecule has 0 unspecified atom stereocenters. The molecule has 84 valence electrons. The van der Waals surface area contributed by atoms with E-state index in [2.05, 4.69) is 4.74 Å². The third kappa shape index (κ3) is 1.88. The second-order valence-electron chi connectivity index (χ2n) is 2.99. The van der Waals surface area contributed by atoms with Crippen molar-refractivity contribution in [2.75, 3.05) is 6.61 Å². The number of ether oxygens (including phenoxy) is 1. The normalized spacial score (nSPS) is 9.56. The molecule has 16 heavy (non-hydrogen) atoms. The van der Waals surface area contributed by atoms with Crippen molar-refractivity contribution in [3.63, 3.8) is 0 Å². The lowest BCUT2D eigenvalue weighted by Crippen LogP contribution is -2.20. The summed E-state index contributed by atoms with van der Waals surface area (Å²) in [5.41, 5.74) is -1.06. The average molecular weight is 222 g/mol. The van der Waals surface area contributed by atoms with E-state index in [1.165, 1.54) is 7.05 Å². The standard InChI is InChI=1S/C10H10N2O4/c1-3-16-10(15)6-4-8(13)12(2)9(14)7(6)5-11/h4,14H,3H2,1-2H3. The van der Waals surface area contributed by atoms with Crippen LogP contribution in [0.3, 0.4) is 0 Å². The summed E-state index contributed by atoms with van der Waals surface area (Å²) in [5.74, 6) is -1.34. The van der Waals surface area contributed by atoms with E-state index in [-0.39, 0.29) is 17.7 Å². The van der Waals surface area contributed by atoms with E-state index in [9.17, 15) is 14.7 Å². The molecule has 0 aromatic carbocycles. The van der Waals surface area contributed by atoms with Crippen LogP contribution in [0.5, 0.6) is 5.88 Å². The molecule has 6 heteroatoms. The Hall–Kier alpha value is -2.29. The van der Waals surface area contributed by atoms with Gasteiger partial charge in [0.2, 0.25) is 5.88 Å². The highest BCUT2D eigenvalue weighted by Gasteiger charge is 2.19. The summed E-state index contributed by atoms with van der Waals surface area (Å²) in [6.07, 6.45) is 0. The van der Waals surface area contributed by atoms with E-state index >= 15 is 0 Å². The van der Waals surface area contributed by atoms with Crippen molar-refractivity contribution in [2.24, 2.45) is 7.05 Å². The zero-order chi connectivity index (χ0) is 12.3. The van der Waals surface area contributed by atoms with Crippen molar-refractivity contribution in [3.8, 4) is 11.9 Å². The lowest BCUT2D eigenvalue weighted by Gasteiger charge is -2.07. The summed E-state index contributed by atoms with van der Waals surface area (Å²) < 4.78 is 5.55. The number of esters is 1. The number of aromatic hydroxyl groups is 1. The van der Waals surface area contributed by atoms with E-state index in [0.717, 1.165) is 10.6 Å². The van der Waals surface area contributed by atoms with Gasteiger partial charge in [0.15, 0.2) is 0 Å². The summed E-state index contributed by atoms with van der Waals surface area (Å²) in [5, 5.41) is 18.3. The van der Waals surface area contributed by atoms with Gasteiger partial charge in [0.05, 0.1) is 12.2 Å². The van der Waals surface area contributed by atoms with E-state index in [4.69, 9.17) is 5.26 Å². The van der Waals surface area contributed by atoms with Gasteiger partial charge in [-0.15, -0.1) is 0 Å². The molecule has 1 N–H and O–H groups in total. The first-order valence-electron chi connectivity index (χ1n) is 4.53. The van der Waals surface area contributed by atoms with Crippen molar-refractivity contribution in [1.82, 2.24) is 4.57 Å². The molecule has 0 bridgehead atoms. The van der Waals surface area contributed by atoms with Crippen LogP contribution < -0.4 is 5.56 Å². The van der Waals surface area contributed by atoms with Crippen molar-refractivity contribution in [1.29, 1.82) is 5.26 Å². The van der Waals surface area contributed by atoms with Crippen LogP contribution in [0.4, 0.5) is 0 Å². The van der Waals surface area contributed by atoms with Gasteiger partial charge in [-0.05, 0) is 6.92 Å². The molecule has 0 atom stereocenters. The van der Waals surface area contributed by atoms with Gasteiger partial charge in [0, 0.05) is 13.1 Å². The van der Waals surface area contributed by atoms with Crippen molar-refractivity contribution < 1.29 is 14.6 Å². The van der Waals surface area contributed by atoms with Crippen molar-refractivity contribution in [2.45, 2.75) is 6.92 Å². The molecule has 1 aromatic rings. The number of hydrogen-bond donors (Lipinski definition) is 1. The summed E-state index contributed by atoms with van der Waals surface area (Å²) in [6, 6.07) is 2.63. The molecular formula is C10H10N2O4. The summed E-state index contributed by atoms with van der Waals surface area (Å²) >= 11 is 0. The molecule has 0 aliphatic heterocycles. The summed E-state index contributed by atoms with van der Waals surface area (Å²) in [7, 11) is 1.30. The topological polar surface area (TPSA) is 92.3 Å². The van der Waals surface area contributed by atoms with E-state index < -0.39 is 17.4 Å². The first kappa shape index (κ1) is 11.8. The third-order valence-corrected chi connectivity index (χ3v) is 2.02. The molecule has 0 amide bonds. The molecule has 0 radical (unpaired) electrons. The molecule has 1 heterocycles. The number of nitriles is 1. The number of carbonyl (C=O) groups excluding carboxylic acids is 1. The molecule has 1 rings (SSSR count). The Labute approximate surface area is 91.3 Å². The van der Waals surface area contributed by atoms with Crippen molar-refractivity contribution in [3.05, 3.63) is 27.5 Å². The van der Waals surface area contributed by atoms with Crippen LogP contribution in [0.25, 0.3) is 0 Å². The van der Waals surface area contributed by atoms with Gasteiger partial charge in [0.25, 0.3) is 5.56 Å². The predicted octanol–water partition coefficient (Wildman–Crippen LogP) is 0.139. The first-order chi connectivity index (χ1) is 7.52. The minimum absolute atomic E-state index is 0.125. The Morgan fingerprint density at radius 3 is 2.81 bits per heavy atom. The van der Waals surface area contributed by atoms with Crippen LogP contribution in [-0.2, 0) is 11.8 Å². The lowest BCUT2D eigenvalue weighted by atomic mass is 10.1. The first-order valence-corrected chi connectivity index (χ1v) is 4.53. The van der Waals surface area contributed by atoms with Crippen molar-refractivity contribution >= 4 is 5.97 Å². The highest BCUT2D eigenvalue weighted by Crippen LogP contribution is 2.17. The van der Waals surface area contributed by atoms with Gasteiger partial charge >= 0.3 is 5.97 Å². The Balaban J connectivity index is 3.47. The number of rotatable bonds is 2. The number of carbonyl (C=O) groups is 1. The maximum atomic E-state index is 11.4. The minimum atomic E-state index is -0.799. The molecule has 0 saturated heterocycles. The fraction of sp³-hybridized carbons (Fsp3) is 0.300. The molecule has 0 saturated carbocycles. The Bertz CT molecular complexity index is 525. The lowest BCUT2D eigenvalue weighted by molar-refractivity contribution is 0.0525. The predicted molar refractivity (Wildman–Crippen MR) is 54.0 cm³/mol. The largest absolute Gasteiger partial charge is 0.493 e. The number of nitrogens with zero attached hydrogens (tertiary/aromatic N) is 2. The van der Waals surface area contributed by atoms with E-state index in [1.54, 1.807) is 13.0 Å². The highest BCUT2D eigenvalue weighted by molar-refractivity contribution is 5.92. The van der Waals surface area contributed by atoms with Gasteiger partial charge in [-0.25, -0.2) is 4.79 Å². The van der Waals surface area contributed by atoms with Crippen LogP contribution in [0.1, 0.15) is 22.8 Å². The molecule has 0 fully saturated rings. The summed E-state index contributed by atoms with van der Waals surface area (Å²) in [4.78, 5) is 22.7. The van der Waals surface area contributed by atoms with Crippen LogP contribution in [0.2, 0.25) is 0 Å². The molecule has 0 spiro atoms. The number of hydrogen-bond acceptors (Lipinski definition) is 5. The fourth-order valence-corrected chi connectivity index (χ4v) is 1.17. The highest BCUT2D eigenvalue weighted by atomic mass is 16.5. The Morgan fingerprint density at radius 2 is 2.31 bits per heavy atom.